The first-order valence-electron chi connectivity index (χ1n) is 9.19. The molecule has 0 aliphatic carbocycles. The third kappa shape index (κ3) is 8.73. The van der Waals surface area contributed by atoms with Gasteiger partial charge in [0.05, 0.1) is 0 Å². The Morgan fingerprint density at radius 3 is 1.85 bits per heavy atom. The molecule has 27 heavy (non-hydrogen) atoms. The number of rotatable bonds is 4. The zero-order chi connectivity index (χ0) is 20.8. The zero-order valence-corrected chi connectivity index (χ0v) is 18.1. The van der Waals surface area contributed by atoms with E-state index in [-0.39, 0.29) is 12.0 Å². The molecule has 0 aromatic heterocycles. The minimum absolute atomic E-state index is 0.196. The lowest BCUT2D eigenvalue weighted by Gasteiger charge is -2.37. The molecular weight excluding hydrogens is 370 g/mol. The van der Waals surface area contributed by atoms with Gasteiger partial charge in [-0.15, -0.1) is 0 Å². The number of nitrogens with zero attached hydrogens (tertiary/aromatic N) is 2. The molecule has 0 aromatic rings. The van der Waals surface area contributed by atoms with Crippen molar-refractivity contribution in [3.63, 3.8) is 0 Å². The second kappa shape index (κ2) is 9.52. The lowest BCUT2D eigenvalue weighted by Crippen LogP contribution is -2.56. The normalized spacial score (nSPS) is 16.6. The molecule has 1 N–H and O–H groups in total. The van der Waals surface area contributed by atoms with Crippen molar-refractivity contribution in [2.24, 2.45) is 0 Å². The van der Waals surface area contributed by atoms with E-state index in [0.29, 0.717) is 38.4 Å². The van der Waals surface area contributed by atoms with Crippen LogP contribution in [0.4, 0.5) is 9.59 Å². The summed E-state index contributed by atoms with van der Waals surface area (Å²) in [6.07, 6.45) is -0.614. The SMILES string of the molecule is CC(C)(C)OC(=O)N[C@@H](CCS)C(=O)N1CCN(C(=O)OC(C)(C)C)CC1. The highest BCUT2D eigenvalue weighted by Gasteiger charge is 2.32. The Morgan fingerprint density at radius 2 is 1.41 bits per heavy atom. The summed E-state index contributed by atoms with van der Waals surface area (Å²) in [5, 5.41) is 2.63. The Kier molecular flexibility index (Phi) is 8.25. The van der Waals surface area contributed by atoms with Crippen LogP contribution in [0.5, 0.6) is 0 Å². The molecule has 0 radical (unpaired) electrons. The third-order valence-electron chi connectivity index (χ3n) is 3.65. The van der Waals surface area contributed by atoms with E-state index in [4.69, 9.17) is 9.47 Å². The molecule has 1 saturated heterocycles. The van der Waals surface area contributed by atoms with Crippen molar-refractivity contribution in [1.29, 1.82) is 0 Å². The van der Waals surface area contributed by atoms with Crippen molar-refractivity contribution < 1.29 is 23.9 Å². The summed E-state index contributed by atoms with van der Waals surface area (Å²) in [5.74, 6) is 0.253. The van der Waals surface area contributed by atoms with Crippen LogP contribution < -0.4 is 5.32 Å². The molecule has 0 spiro atoms. The Bertz CT molecular complexity index is 534. The number of carbonyl (C=O) groups excluding carboxylic acids is 3. The smallest absolute Gasteiger partial charge is 0.410 e. The van der Waals surface area contributed by atoms with Gasteiger partial charge >= 0.3 is 12.2 Å². The lowest BCUT2D eigenvalue weighted by molar-refractivity contribution is -0.135. The third-order valence-corrected chi connectivity index (χ3v) is 3.91. The highest BCUT2D eigenvalue weighted by Crippen LogP contribution is 2.13. The average molecular weight is 404 g/mol. The number of hydrogen-bond acceptors (Lipinski definition) is 6. The summed E-state index contributed by atoms with van der Waals surface area (Å²) < 4.78 is 10.6. The van der Waals surface area contributed by atoms with Gasteiger partial charge in [-0.3, -0.25) is 4.79 Å². The molecule has 1 aliphatic heterocycles. The first-order chi connectivity index (χ1) is 12.3. The van der Waals surface area contributed by atoms with Crippen molar-refractivity contribution >= 4 is 30.7 Å². The molecule has 1 aliphatic rings. The number of ether oxygens (including phenoxy) is 2. The Labute approximate surface area is 167 Å². The van der Waals surface area contributed by atoms with Crippen LogP contribution in [0.15, 0.2) is 0 Å². The summed E-state index contributed by atoms with van der Waals surface area (Å²) in [6, 6.07) is -0.703. The van der Waals surface area contributed by atoms with E-state index >= 15 is 0 Å². The quantitative estimate of drug-likeness (QED) is 0.703. The average Bonchev–Trinajstić information content (AvgIpc) is 2.50. The van der Waals surface area contributed by atoms with Gasteiger partial charge in [0, 0.05) is 26.2 Å². The Morgan fingerprint density at radius 1 is 0.926 bits per heavy atom. The minimum atomic E-state index is -0.703. The van der Waals surface area contributed by atoms with Gasteiger partial charge in [0.1, 0.15) is 17.2 Å². The van der Waals surface area contributed by atoms with E-state index in [1.165, 1.54) is 0 Å². The van der Waals surface area contributed by atoms with E-state index in [1.54, 1.807) is 30.6 Å². The maximum absolute atomic E-state index is 12.8. The number of hydrogen-bond donors (Lipinski definition) is 2. The van der Waals surface area contributed by atoms with E-state index in [1.807, 2.05) is 20.8 Å². The molecule has 1 fully saturated rings. The predicted molar refractivity (Wildman–Crippen MR) is 106 cm³/mol. The van der Waals surface area contributed by atoms with E-state index in [0.717, 1.165) is 0 Å². The molecule has 3 amide bonds. The second-order valence-corrected chi connectivity index (χ2v) is 8.95. The van der Waals surface area contributed by atoms with Gasteiger partial charge in [-0.2, -0.15) is 12.6 Å². The largest absolute Gasteiger partial charge is 0.444 e. The van der Waals surface area contributed by atoms with Crippen LogP contribution >= 0.6 is 12.6 Å². The Hall–Kier alpha value is -1.64. The van der Waals surface area contributed by atoms with Crippen LogP contribution in [0, 0.1) is 0 Å². The van der Waals surface area contributed by atoms with Crippen LogP contribution in [-0.2, 0) is 14.3 Å². The predicted octanol–water partition coefficient (Wildman–Crippen LogP) is 2.28. The fourth-order valence-electron chi connectivity index (χ4n) is 2.49. The highest BCUT2D eigenvalue weighted by atomic mass is 32.1. The number of carbonyl (C=O) groups is 3. The molecular formula is C18H33N3O5S. The van der Waals surface area contributed by atoms with Crippen LogP contribution in [0.1, 0.15) is 48.0 Å². The van der Waals surface area contributed by atoms with Gasteiger partial charge in [-0.05, 0) is 53.7 Å². The Balaban J connectivity index is 2.61. The van der Waals surface area contributed by atoms with Crippen LogP contribution in [0.25, 0.3) is 0 Å². The van der Waals surface area contributed by atoms with E-state index < -0.39 is 23.3 Å². The number of amides is 3. The summed E-state index contributed by atoms with van der Waals surface area (Å²) in [6.45, 7) is 12.3. The first-order valence-corrected chi connectivity index (χ1v) is 9.83. The molecule has 1 rings (SSSR count). The molecule has 9 heteroatoms. The number of alkyl carbamates (subject to hydrolysis) is 1. The van der Waals surface area contributed by atoms with Gasteiger partial charge in [0.25, 0.3) is 0 Å². The lowest BCUT2D eigenvalue weighted by atomic mass is 10.1. The first kappa shape index (κ1) is 23.4. The maximum atomic E-state index is 12.8. The number of nitrogens with one attached hydrogen (secondary N) is 1. The van der Waals surface area contributed by atoms with Crippen molar-refractivity contribution in [1.82, 2.24) is 15.1 Å². The molecule has 0 saturated carbocycles. The zero-order valence-electron chi connectivity index (χ0n) is 17.2. The van der Waals surface area contributed by atoms with Gasteiger partial charge in [-0.1, -0.05) is 0 Å². The van der Waals surface area contributed by atoms with Gasteiger partial charge in [-0.25, -0.2) is 9.59 Å². The van der Waals surface area contributed by atoms with Crippen molar-refractivity contribution in [2.45, 2.75) is 65.2 Å². The topological polar surface area (TPSA) is 88.2 Å². The van der Waals surface area contributed by atoms with Crippen LogP contribution in [0.3, 0.4) is 0 Å². The number of piperazine rings is 1. The molecule has 0 aromatic carbocycles. The van der Waals surface area contributed by atoms with Crippen molar-refractivity contribution in [3.8, 4) is 0 Å². The van der Waals surface area contributed by atoms with E-state index in [2.05, 4.69) is 17.9 Å². The molecule has 0 unspecified atom stereocenters. The monoisotopic (exact) mass is 403 g/mol. The molecule has 1 heterocycles. The number of thiol groups is 1. The second-order valence-electron chi connectivity index (χ2n) is 8.50. The highest BCUT2D eigenvalue weighted by molar-refractivity contribution is 7.80. The van der Waals surface area contributed by atoms with Crippen molar-refractivity contribution in [3.05, 3.63) is 0 Å². The summed E-state index contributed by atoms with van der Waals surface area (Å²) in [5.41, 5.74) is -1.20. The fraction of sp³-hybridized carbons (Fsp3) is 0.833. The summed E-state index contributed by atoms with van der Waals surface area (Å²) >= 11 is 4.18. The van der Waals surface area contributed by atoms with Gasteiger partial charge < -0.3 is 24.6 Å². The van der Waals surface area contributed by atoms with E-state index in [9.17, 15) is 14.4 Å². The fourth-order valence-corrected chi connectivity index (χ4v) is 2.75. The molecule has 8 nitrogen and oxygen atoms in total. The standard InChI is InChI=1S/C18H33N3O5S/c1-17(2,3)25-15(23)19-13(7-12-27)14(22)20-8-10-21(11-9-20)16(24)26-18(4,5)6/h13,27H,7-12H2,1-6H3,(H,19,23)/t13-/m0/s1. The van der Waals surface area contributed by atoms with Gasteiger partial charge in [0.15, 0.2) is 0 Å². The van der Waals surface area contributed by atoms with Crippen LogP contribution in [0.2, 0.25) is 0 Å². The summed E-state index contributed by atoms with van der Waals surface area (Å²) in [4.78, 5) is 40.1. The molecule has 1 atom stereocenters. The van der Waals surface area contributed by atoms with Crippen molar-refractivity contribution in [2.75, 3.05) is 31.9 Å². The summed E-state index contributed by atoms with van der Waals surface area (Å²) in [7, 11) is 0. The molecule has 156 valence electrons. The minimum Gasteiger partial charge on any atom is -0.444 e. The maximum Gasteiger partial charge on any atom is 0.410 e. The molecule has 0 bridgehead atoms. The van der Waals surface area contributed by atoms with Crippen LogP contribution in [-0.4, -0.2) is 77.1 Å². The van der Waals surface area contributed by atoms with Gasteiger partial charge in [0.2, 0.25) is 5.91 Å².